The Bertz CT molecular complexity index is 429. The molecule has 4 nitrogen and oxygen atoms in total. The summed E-state index contributed by atoms with van der Waals surface area (Å²) in [5.74, 6) is -1.66. The van der Waals surface area contributed by atoms with Crippen LogP contribution < -0.4 is 5.56 Å². The number of carboxylic acid groups (broad SMARTS) is 1. The second-order valence-electron chi connectivity index (χ2n) is 2.36. The van der Waals surface area contributed by atoms with E-state index < -0.39 is 34.1 Å². The zero-order valence-corrected chi connectivity index (χ0v) is 7.31. The van der Waals surface area contributed by atoms with Crippen LogP contribution in [0.25, 0.3) is 0 Å². The van der Waals surface area contributed by atoms with E-state index in [0.717, 1.165) is 6.20 Å². The fourth-order valence-corrected chi connectivity index (χ4v) is 1.18. The first kappa shape index (κ1) is 10.6. The van der Waals surface area contributed by atoms with Crippen molar-refractivity contribution in [1.29, 1.82) is 0 Å². The summed E-state index contributed by atoms with van der Waals surface area (Å²) in [6.45, 7) is 0. The van der Waals surface area contributed by atoms with Crippen molar-refractivity contribution in [3.63, 3.8) is 0 Å². The van der Waals surface area contributed by atoms with Crippen LogP contribution >= 0.6 is 11.6 Å². The van der Waals surface area contributed by atoms with E-state index in [9.17, 15) is 18.4 Å². The summed E-state index contributed by atoms with van der Waals surface area (Å²) >= 11 is 5.36. The molecule has 1 aromatic heterocycles. The topological polar surface area (TPSA) is 70.2 Å². The summed E-state index contributed by atoms with van der Waals surface area (Å²) in [6, 6.07) is 0. The molecule has 1 heterocycles. The maximum absolute atomic E-state index is 12.3. The Balaban J connectivity index is 3.58. The van der Waals surface area contributed by atoms with Gasteiger partial charge in [-0.1, -0.05) is 11.6 Å². The second-order valence-corrected chi connectivity index (χ2v) is 2.77. The minimum absolute atomic E-state index is 0.424. The second kappa shape index (κ2) is 3.75. The van der Waals surface area contributed by atoms with E-state index in [1.807, 2.05) is 4.98 Å². The summed E-state index contributed by atoms with van der Waals surface area (Å²) < 4.78 is 24.6. The van der Waals surface area contributed by atoms with Gasteiger partial charge in [0.25, 0.3) is 12.0 Å². The Labute approximate surface area is 81.1 Å². The molecule has 0 unspecified atom stereocenters. The number of hydrogen-bond acceptors (Lipinski definition) is 2. The largest absolute Gasteiger partial charge is 0.478 e. The first-order valence-corrected chi connectivity index (χ1v) is 3.75. The van der Waals surface area contributed by atoms with Crippen molar-refractivity contribution in [2.75, 3.05) is 0 Å². The number of carbonyl (C=O) groups is 1. The lowest BCUT2D eigenvalue weighted by molar-refractivity contribution is 0.0684. The van der Waals surface area contributed by atoms with Crippen LogP contribution in [0.15, 0.2) is 11.0 Å². The Morgan fingerprint density at radius 1 is 1.57 bits per heavy atom. The molecule has 0 radical (unpaired) electrons. The van der Waals surface area contributed by atoms with Gasteiger partial charge in [0.2, 0.25) is 0 Å². The quantitative estimate of drug-likeness (QED) is 0.801. The molecule has 0 saturated carbocycles. The summed E-state index contributed by atoms with van der Waals surface area (Å²) in [5.41, 5.74) is -3.13. The predicted octanol–water partition coefficient (Wildman–Crippen LogP) is 1.66. The van der Waals surface area contributed by atoms with Crippen LogP contribution in [0.4, 0.5) is 8.78 Å². The molecule has 0 aromatic carbocycles. The van der Waals surface area contributed by atoms with Crippen LogP contribution in [-0.2, 0) is 0 Å². The van der Waals surface area contributed by atoms with E-state index >= 15 is 0 Å². The third kappa shape index (κ3) is 1.74. The smallest absolute Gasteiger partial charge is 0.337 e. The van der Waals surface area contributed by atoms with Gasteiger partial charge in [0.05, 0.1) is 16.1 Å². The summed E-state index contributed by atoms with van der Waals surface area (Å²) in [6.07, 6.45) is -2.32. The van der Waals surface area contributed by atoms with Gasteiger partial charge in [0, 0.05) is 6.20 Å². The van der Waals surface area contributed by atoms with Crippen LogP contribution in [0.5, 0.6) is 0 Å². The van der Waals surface area contributed by atoms with Crippen molar-refractivity contribution in [3.8, 4) is 0 Å². The zero-order chi connectivity index (χ0) is 10.9. The lowest BCUT2D eigenvalue weighted by Gasteiger charge is -2.04. The van der Waals surface area contributed by atoms with E-state index in [1.165, 1.54) is 0 Å². The maximum Gasteiger partial charge on any atom is 0.337 e. The molecule has 0 aliphatic heterocycles. The summed E-state index contributed by atoms with van der Waals surface area (Å²) in [4.78, 5) is 23.3. The van der Waals surface area contributed by atoms with Crippen LogP contribution in [0.3, 0.4) is 0 Å². The molecule has 1 rings (SSSR count). The van der Waals surface area contributed by atoms with Crippen molar-refractivity contribution >= 4 is 17.6 Å². The number of hydrogen-bond donors (Lipinski definition) is 2. The molecule has 0 amide bonds. The molecule has 0 spiro atoms. The minimum Gasteiger partial charge on any atom is -0.478 e. The number of pyridine rings is 1. The molecule has 1 aromatic rings. The Morgan fingerprint density at radius 2 is 2.14 bits per heavy atom. The number of carboxylic acids is 1. The highest BCUT2D eigenvalue weighted by Crippen LogP contribution is 2.24. The molecule has 0 bridgehead atoms. The molecule has 0 fully saturated rings. The Hall–Kier alpha value is -1.43. The summed E-state index contributed by atoms with van der Waals surface area (Å²) in [7, 11) is 0. The number of H-pyrrole nitrogens is 1. The third-order valence-electron chi connectivity index (χ3n) is 1.51. The number of aromatic nitrogens is 1. The molecular weight excluding hydrogens is 220 g/mol. The van der Waals surface area contributed by atoms with Gasteiger partial charge in [-0.25, -0.2) is 13.6 Å². The third-order valence-corrected chi connectivity index (χ3v) is 1.81. The highest BCUT2D eigenvalue weighted by Gasteiger charge is 2.24. The normalized spacial score (nSPS) is 10.6. The molecule has 0 aliphatic carbocycles. The predicted molar refractivity (Wildman–Crippen MR) is 44.0 cm³/mol. The lowest BCUT2D eigenvalue weighted by Crippen LogP contribution is -2.18. The van der Waals surface area contributed by atoms with Gasteiger partial charge >= 0.3 is 5.97 Å². The first-order valence-electron chi connectivity index (χ1n) is 3.37. The molecule has 76 valence electrons. The average molecular weight is 224 g/mol. The van der Waals surface area contributed by atoms with Crippen LogP contribution in [-0.4, -0.2) is 16.1 Å². The molecule has 0 saturated heterocycles. The maximum atomic E-state index is 12.3. The molecule has 14 heavy (non-hydrogen) atoms. The lowest BCUT2D eigenvalue weighted by atomic mass is 10.1. The van der Waals surface area contributed by atoms with Crippen molar-refractivity contribution in [2.45, 2.75) is 6.43 Å². The number of aromatic amines is 1. The van der Waals surface area contributed by atoms with Gasteiger partial charge in [0.1, 0.15) is 0 Å². The molecular formula is C7H4ClF2NO3. The number of aromatic carboxylic acids is 1. The van der Waals surface area contributed by atoms with E-state index in [4.69, 9.17) is 16.7 Å². The van der Waals surface area contributed by atoms with Crippen molar-refractivity contribution in [2.24, 2.45) is 0 Å². The fourth-order valence-electron chi connectivity index (χ4n) is 0.947. The van der Waals surface area contributed by atoms with Gasteiger partial charge in [-0.05, 0) is 0 Å². The SMILES string of the molecule is O=C(O)c1c(Cl)c[nH]c(=O)c1C(F)F. The van der Waals surface area contributed by atoms with Crippen molar-refractivity contribution < 1.29 is 18.7 Å². The molecule has 0 atom stereocenters. The van der Waals surface area contributed by atoms with Crippen LogP contribution in [0.2, 0.25) is 5.02 Å². The van der Waals surface area contributed by atoms with E-state index in [0.29, 0.717) is 0 Å². The highest BCUT2D eigenvalue weighted by atomic mass is 35.5. The van der Waals surface area contributed by atoms with E-state index in [1.54, 1.807) is 0 Å². The number of nitrogens with one attached hydrogen (secondary N) is 1. The van der Waals surface area contributed by atoms with E-state index in [-0.39, 0.29) is 0 Å². The van der Waals surface area contributed by atoms with Gasteiger partial charge < -0.3 is 10.1 Å². The minimum atomic E-state index is -3.18. The molecule has 0 aliphatic rings. The van der Waals surface area contributed by atoms with Crippen molar-refractivity contribution in [1.82, 2.24) is 4.98 Å². The monoisotopic (exact) mass is 223 g/mol. The van der Waals surface area contributed by atoms with Gasteiger partial charge in [-0.3, -0.25) is 4.79 Å². The Kier molecular flexibility index (Phi) is 2.85. The zero-order valence-electron chi connectivity index (χ0n) is 6.55. The van der Waals surface area contributed by atoms with Crippen molar-refractivity contribution in [3.05, 3.63) is 32.7 Å². The van der Waals surface area contributed by atoms with Gasteiger partial charge in [-0.15, -0.1) is 0 Å². The van der Waals surface area contributed by atoms with Crippen LogP contribution in [0, 0.1) is 0 Å². The average Bonchev–Trinajstić information content (AvgIpc) is 2.07. The number of alkyl halides is 2. The fraction of sp³-hybridized carbons (Fsp3) is 0.143. The Morgan fingerprint density at radius 3 is 2.50 bits per heavy atom. The van der Waals surface area contributed by atoms with E-state index in [2.05, 4.69) is 0 Å². The summed E-state index contributed by atoms with van der Waals surface area (Å²) in [5, 5.41) is 8.13. The van der Waals surface area contributed by atoms with Crippen LogP contribution in [0.1, 0.15) is 22.3 Å². The first-order chi connectivity index (χ1) is 6.45. The van der Waals surface area contributed by atoms with Gasteiger partial charge in [-0.2, -0.15) is 0 Å². The van der Waals surface area contributed by atoms with Gasteiger partial charge in [0.15, 0.2) is 0 Å². The molecule has 7 heteroatoms. The number of halogens is 3. The standard InChI is InChI=1S/C7H4ClF2NO3/c8-2-1-11-6(12)4(5(9)10)3(2)7(13)14/h1,5H,(H,11,12)(H,13,14). The number of rotatable bonds is 2. The molecule has 2 N–H and O–H groups in total. The highest BCUT2D eigenvalue weighted by molar-refractivity contribution is 6.33.